The SMILES string of the molecule is COc1cc2nc(NC(=O)c3cccnc3)sc2cc1OC. The van der Waals surface area contributed by atoms with Crippen molar-refractivity contribution in [2.45, 2.75) is 0 Å². The van der Waals surface area contributed by atoms with Crippen LogP contribution in [0, 0.1) is 0 Å². The lowest BCUT2D eigenvalue weighted by Gasteiger charge is -2.05. The van der Waals surface area contributed by atoms with E-state index in [0.29, 0.717) is 22.2 Å². The summed E-state index contributed by atoms with van der Waals surface area (Å²) in [6.45, 7) is 0. The predicted molar refractivity (Wildman–Crippen MR) is 84.9 cm³/mol. The van der Waals surface area contributed by atoms with Gasteiger partial charge in [0.15, 0.2) is 16.6 Å². The van der Waals surface area contributed by atoms with Gasteiger partial charge in [0, 0.05) is 24.5 Å². The highest BCUT2D eigenvalue weighted by Gasteiger charge is 2.13. The number of hydrogen-bond acceptors (Lipinski definition) is 6. The average Bonchev–Trinajstić information content (AvgIpc) is 2.95. The maximum atomic E-state index is 12.1. The predicted octanol–water partition coefficient (Wildman–Crippen LogP) is 2.96. The Labute approximate surface area is 130 Å². The van der Waals surface area contributed by atoms with Crippen LogP contribution < -0.4 is 14.8 Å². The number of hydrogen-bond donors (Lipinski definition) is 1. The maximum Gasteiger partial charge on any atom is 0.259 e. The van der Waals surface area contributed by atoms with Crippen molar-refractivity contribution in [1.82, 2.24) is 9.97 Å². The molecule has 0 radical (unpaired) electrons. The molecule has 3 aromatic rings. The molecule has 0 spiro atoms. The molecule has 0 aliphatic heterocycles. The number of carbonyl (C=O) groups is 1. The van der Waals surface area contributed by atoms with Crippen molar-refractivity contribution in [2.75, 3.05) is 19.5 Å². The van der Waals surface area contributed by atoms with Gasteiger partial charge in [-0.3, -0.25) is 15.1 Å². The number of nitrogens with zero attached hydrogens (tertiary/aromatic N) is 2. The van der Waals surface area contributed by atoms with Gasteiger partial charge in [-0.2, -0.15) is 0 Å². The molecular weight excluding hydrogens is 302 g/mol. The topological polar surface area (TPSA) is 73.3 Å². The van der Waals surface area contributed by atoms with Crippen molar-refractivity contribution in [3.63, 3.8) is 0 Å². The second-order valence-corrected chi connectivity index (χ2v) is 5.42. The van der Waals surface area contributed by atoms with Gasteiger partial charge in [-0.15, -0.1) is 0 Å². The second kappa shape index (κ2) is 5.98. The molecule has 2 heterocycles. The molecule has 0 unspecified atom stereocenters. The Bertz CT molecular complexity index is 777. The molecule has 0 atom stereocenters. The lowest BCUT2D eigenvalue weighted by molar-refractivity contribution is 0.102. The van der Waals surface area contributed by atoms with Gasteiger partial charge in [-0.1, -0.05) is 11.3 Å². The van der Waals surface area contributed by atoms with Crippen molar-refractivity contribution in [3.8, 4) is 11.5 Å². The minimum atomic E-state index is -0.244. The molecule has 0 saturated heterocycles. The molecule has 0 aliphatic rings. The Hall–Kier alpha value is -2.67. The molecule has 1 N–H and O–H groups in total. The number of benzene rings is 1. The fourth-order valence-electron chi connectivity index (χ4n) is 1.97. The van der Waals surface area contributed by atoms with Crippen molar-refractivity contribution < 1.29 is 14.3 Å². The van der Waals surface area contributed by atoms with Crippen LogP contribution in [0.4, 0.5) is 5.13 Å². The van der Waals surface area contributed by atoms with Crippen LogP contribution in [0.3, 0.4) is 0 Å². The van der Waals surface area contributed by atoms with Gasteiger partial charge in [0.25, 0.3) is 5.91 Å². The van der Waals surface area contributed by atoms with Gasteiger partial charge in [-0.25, -0.2) is 4.98 Å². The number of amides is 1. The summed E-state index contributed by atoms with van der Waals surface area (Å²) < 4.78 is 11.4. The smallest absolute Gasteiger partial charge is 0.259 e. The van der Waals surface area contributed by atoms with E-state index in [0.717, 1.165) is 10.2 Å². The van der Waals surface area contributed by atoms with Gasteiger partial charge in [-0.05, 0) is 12.1 Å². The first-order valence-corrected chi connectivity index (χ1v) is 7.27. The van der Waals surface area contributed by atoms with E-state index in [-0.39, 0.29) is 5.91 Å². The summed E-state index contributed by atoms with van der Waals surface area (Å²) in [7, 11) is 3.15. The van der Waals surface area contributed by atoms with Crippen LogP contribution in [0.1, 0.15) is 10.4 Å². The third-order valence-corrected chi connectivity index (χ3v) is 3.97. The minimum Gasteiger partial charge on any atom is -0.493 e. The zero-order valence-corrected chi connectivity index (χ0v) is 12.8. The van der Waals surface area contributed by atoms with E-state index in [9.17, 15) is 4.79 Å². The van der Waals surface area contributed by atoms with E-state index in [1.54, 1.807) is 38.6 Å². The Kier molecular flexibility index (Phi) is 3.88. The molecule has 1 amide bonds. The van der Waals surface area contributed by atoms with Crippen LogP contribution >= 0.6 is 11.3 Å². The van der Waals surface area contributed by atoms with Crippen molar-refractivity contribution in [1.29, 1.82) is 0 Å². The summed E-state index contributed by atoms with van der Waals surface area (Å²) >= 11 is 1.37. The van der Waals surface area contributed by atoms with Gasteiger partial charge in [0.2, 0.25) is 0 Å². The lowest BCUT2D eigenvalue weighted by atomic mass is 10.3. The molecule has 2 aromatic heterocycles. The van der Waals surface area contributed by atoms with E-state index < -0.39 is 0 Å². The minimum absolute atomic E-state index is 0.244. The number of methoxy groups -OCH3 is 2. The summed E-state index contributed by atoms with van der Waals surface area (Å²) in [6.07, 6.45) is 3.13. The highest BCUT2D eigenvalue weighted by molar-refractivity contribution is 7.22. The zero-order chi connectivity index (χ0) is 15.5. The number of ether oxygens (including phenoxy) is 2. The molecule has 1 aromatic carbocycles. The van der Waals surface area contributed by atoms with Gasteiger partial charge in [0.05, 0.1) is 30.0 Å². The first-order valence-electron chi connectivity index (χ1n) is 6.45. The van der Waals surface area contributed by atoms with Crippen molar-refractivity contribution in [2.24, 2.45) is 0 Å². The fourth-order valence-corrected chi connectivity index (χ4v) is 2.85. The van der Waals surface area contributed by atoms with Gasteiger partial charge >= 0.3 is 0 Å². The number of anilines is 1. The van der Waals surface area contributed by atoms with E-state index in [1.165, 1.54) is 17.5 Å². The van der Waals surface area contributed by atoms with Crippen LogP contribution in [0.5, 0.6) is 11.5 Å². The summed E-state index contributed by atoms with van der Waals surface area (Å²) in [4.78, 5) is 20.4. The van der Waals surface area contributed by atoms with Crippen LogP contribution in [-0.4, -0.2) is 30.1 Å². The van der Waals surface area contributed by atoms with Crippen molar-refractivity contribution >= 4 is 32.6 Å². The second-order valence-electron chi connectivity index (χ2n) is 4.39. The number of pyridine rings is 1. The third kappa shape index (κ3) is 2.71. The molecule has 0 aliphatic carbocycles. The molecule has 6 nitrogen and oxygen atoms in total. The Balaban J connectivity index is 1.90. The van der Waals surface area contributed by atoms with E-state index in [2.05, 4.69) is 15.3 Å². The average molecular weight is 315 g/mol. The largest absolute Gasteiger partial charge is 0.493 e. The fraction of sp³-hybridized carbons (Fsp3) is 0.133. The number of thiazole rings is 1. The van der Waals surface area contributed by atoms with Gasteiger partial charge in [0.1, 0.15) is 0 Å². The number of carbonyl (C=O) groups excluding carboxylic acids is 1. The first kappa shape index (κ1) is 14.3. The maximum absolute atomic E-state index is 12.1. The quantitative estimate of drug-likeness (QED) is 0.801. The van der Waals surface area contributed by atoms with Crippen LogP contribution in [0.15, 0.2) is 36.7 Å². The van der Waals surface area contributed by atoms with Gasteiger partial charge < -0.3 is 9.47 Å². The summed E-state index contributed by atoms with van der Waals surface area (Å²) in [5.41, 5.74) is 1.22. The van der Waals surface area contributed by atoms with Crippen molar-refractivity contribution in [3.05, 3.63) is 42.2 Å². The lowest BCUT2D eigenvalue weighted by Crippen LogP contribution is -2.11. The highest BCUT2D eigenvalue weighted by atomic mass is 32.1. The van der Waals surface area contributed by atoms with Crippen LogP contribution in [0.2, 0.25) is 0 Å². The monoisotopic (exact) mass is 315 g/mol. The summed E-state index contributed by atoms with van der Waals surface area (Å²) in [6, 6.07) is 7.03. The molecular formula is C15H13N3O3S. The molecule has 7 heteroatoms. The molecule has 22 heavy (non-hydrogen) atoms. The third-order valence-electron chi connectivity index (χ3n) is 3.04. The Morgan fingerprint density at radius 3 is 2.68 bits per heavy atom. The molecule has 0 bridgehead atoms. The first-order chi connectivity index (χ1) is 10.7. The van der Waals surface area contributed by atoms with E-state index in [4.69, 9.17) is 9.47 Å². The van der Waals surface area contributed by atoms with Crippen LogP contribution in [0.25, 0.3) is 10.2 Å². The van der Waals surface area contributed by atoms with E-state index >= 15 is 0 Å². The van der Waals surface area contributed by atoms with Crippen LogP contribution in [-0.2, 0) is 0 Å². The standard InChI is InChI=1S/C15H13N3O3S/c1-20-11-6-10-13(7-12(11)21-2)22-15(17-10)18-14(19)9-4-3-5-16-8-9/h3-8H,1-2H3,(H,17,18,19). The number of fused-ring (bicyclic) bond motifs is 1. The molecule has 0 fully saturated rings. The molecule has 112 valence electrons. The Morgan fingerprint density at radius 1 is 1.23 bits per heavy atom. The normalized spacial score (nSPS) is 10.5. The van der Waals surface area contributed by atoms with E-state index in [1.807, 2.05) is 6.07 Å². The summed E-state index contributed by atoms with van der Waals surface area (Å²) in [5, 5.41) is 3.28. The zero-order valence-electron chi connectivity index (χ0n) is 12.0. The number of nitrogens with one attached hydrogen (secondary N) is 1. The number of rotatable bonds is 4. The Morgan fingerprint density at radius 2 is 2.00 bits per heavy atom. The highest BCUT2D eigenvalue weighted by Crippen LogP contribution is 2.36. The number of aromatic nitrogens is 2. The molecule has 3 rings (SSSR count). The summed E-state index contributed by atoms with van der Waals surface area (Å²) in [5.74, 6) is 0.986. The molecule has 0 saturated carbocycles.